The monoisotopic (exact) mass is 324 g/mol. The molecule has 0 aliphatic carbocycles. The quantitative estimate of drug-likeness (QED) is 0.840. The van der Waals surface area contributed by atoms with Crippen molar-refractivity contribution < 1.29 is 14.3 Å². The molecule has 2 aromatic carbocycles. The van der Waals surface area contributed by atoms with Gasteiger partial charge in [-0.3, -0.25) is 4.79 Å². The van der Waals surface area contributed by atoms with Crippen molar-refractivity contribution in [3.63, 3.8) is 0 Å². The van der Waals surface area contributed by atoms with Crippen LogP contribution in [-0.2, 0) is 9.53 Å². The third-order valence-electron chi connectivity index (χ3n) is 4.61. The Morgan fingerprint density at radius 3 is 2.42 bits per heavy atom. The van der Waals surface area contributed by atoms with Gasteiger partial charge in [-0.15, -0.1) is 0 Å². The first-order valence-corrected chi connectivity index (χ1v) is 7.88. The Kier molecular flexibility index (Phi) is 4.62. The van der Waals surface area contributed by atoms with E-state index in [1.807, 2.05) is 42.5 Å². The summed E-state index contributed by atoms with van der Waals surface area (Å²) in [7, 11) is 1.37. The number of methoxy groups -OCH3 is 1. The van der Waals surface area contributed by atoms with Crippen molar-refractivity contribution >= 4 is 11.9 Å². The number of esters is 1. The second-order valence-corrected chi connectivity index (χ2v) is 5.91. The fourth-order valence-corrected chi connectivity index (χ4v) is 3.54. The zero-order valence-electron chi connectivity index (χ0n) is 13.4. The highest BCUT2D eigenvalue weighted by Crippen LogP contribution is 2.40. The van der Waals surface area contributed by atoms with Gasteiger partial charge in [-0.05, 0) is 17.2 Å². The highest BCUT2D eigenvalue weighted by molar-refractivity contribution is 5.91. The van der Waals surface area contributed by atoms with E-state index >= 15 is 0 Å². The van der Waals surface area contributed by atoms with Crippen molar-refractivity contribution in [3.8, 4) is 0 Å². The van der Waals surface area contributed by atoms with E-state index in [0.717, 1.165) is 11.1 Å². The summed E-state index contributed by atoms with van der Waals surface area (Å²) in [6.07, 6.45) is 0. The number of ether oxygens (including phenoxy) is 1. The SMILES string of the molecule is COC(=O)c1ccccc1C1CN[C@@H](C(N)=O)[C@@H]1c1ccccc1. The van der Waals surface area contributed by atoms with Crippen LogP contribution in [0.25, 0.3) is 0 Å². The lowest BCUT2D eigenvalue weighted by Crippen LogP contribution is -2.39. The molecule has 1 fully saturated rings. The molecule has 1 saturated heterocycles. The van der Waals surface area contributed by atoms with Gasteiger partial charge in [0.05, 0.1) is 18.7 Å². The van der Waals surface area contributed by atoms with Crippen LogP contribution in [0.15, 0.2) is 54.6 Å². The van der Waals surface area contributed by atoms with E-state index in [1.54, 1.807) is 12.1 Å². The Bertz CT molecular complexity index is 745. The zero-order valence-corrected chi connectivity index (χ0v) is 13.4. The molecule has 1 amide bonds. The summed E-state index contributed by atoms with van der Waals surface area (Å²) in [4.78, 5) is 24.0. The number of amides is 1. The molecule has 2 aromatic rings. The Morgan fingerprint density at radius 1 is 1.08 bits per heavy atom. The van der Waals surface area contributed by atoms with E-state index < -0.39 is 6.04 Å². The molecule has 0 radical (unpaired) electrons. The van der Waals surface area contributed by atoms with Gasteiger partial charge in [0.1, 0.15) is 0 Å². The van der Waals surface area contributed by atoms with Gasteiger partial charge in [-0.25, -0.2) is 4.79 Å². The first kappa shape index (κ1) is 16.2. The second-order valence-electron chi connectivity index (χ2n) is 5.91. The average Bonchev–Trinajstić information content (AvgIpc) is 3.07. The predicted molar refractivity (Wildman–Crippen MR) is 90.7 cm³/mol. The molecule has 3 atom stereocenters. The minimum Gasteiger partial charge on any atom is -0.465 e. The van der Waals surface area contributed by atoms with Crippen LogP contribution in [0.2, 0.25) is 0 Å². The van der Waals surface area contributed by atoms with Crippen molar-refractivity contribution in [3.05, 3.63) is 71.3 Å². The van der Waals surface area contributed by atoms with Crippen molar-refractivity contribution in [2.45, 2.75) is 17.9 Å². The second kappa shape index (κ2) is 6.84. The number of nitrogens with two attached hydrogens (primary N) is 1. The molecule has 0 spiro atoms. The normalized spacial score (nSPS) is 23.0. The summed E-state index contributed by atoms with van der Waals surface area (Å²) in [5.41, 5.74) is 8.02. The van der Waals surface area contributed by atoms with Crippen LogP contribution >= 0.6 is 0 Å². The number of carbonyl (C=O) groups excluding carboxylic acids is 2. The van der Waals surface area contributed by atoms with Gasteiger partial charge in [0, 0.05) is 18.4 Å². The maximum Gasteiger partial charge on any atom is 0.338 e. The predicted octanol–water partition coefficient (Wildman–Crippen LogP) is 1.80. The highest BCUT2D eigenvalue weighted by Gasteiger charge is 2.41. The van der Waals surface area contributed by atoms with Crippen LogP contribution in [0.3, 0.4) is 0 Å². The molecule has 0 saturated carbocycles. The lowest BCUT2D eigenvalue weighted by molar-refractivity contribution is -0.120. The molecule has 5 heteroatoms. The number of hydrogen-bond acceptors (Lipinski definition) is 4. The van der Waals surface area contributed by atoms with Crippen LogP contribution in [0.4, 0.5) is 0 Å². The molecular formula is C19H20N2O3. The maximum atomic E-state index is 12.1. The average molecular weight is 324 g/mol. The topological polar surface area (TPSA) is 81.4 Å². The van der Waals surface area contributed by atoms with Crippen molar-refractivity contribution in [2.24, 2.45) is 5.73 Å². The molecule has 1 aliphatic heterocycles. The number of nitrogens with one attached hydrogen (secondary N) is 1. The minimum absolute atomic E-state index is 0.0415. The fraction of sp³-hybridized carbons (Fsp3) is 0.263. The van der Waals surface area contributed by atoms with Crippen LogP contribution in [0, 0.1) is 0 Å². The summed E-state index contributed by atoms with van der Waals surface area (Å²) in [5, 5.41) is 3.21. The number of rotatable bonds is 4. The van der Waals surface area contributed by atoms with Gasteiger partial charge < -0.3 is 15.8 Å². The fourth-order valence-electron chi connectivity index (χ4n) is 3.54. The van der Waals surface area contributed by atoms with Gasteiger partial charge in [0.15, 0.2) is 0 Å². The first-order valence-electron chi connectivity index (χ1n) is 7.88. The Morgan fingerprint density at radius 2 is 1.75 bits per heavy atom. The lowest BCUT2D eigenvalue weighted by Gasteiger charge is -2.24. The lowest BCUT2D eigenvalue weighted by atomic mass is 9.79. The van der Waals surface area contributed by atoms with E-state index in [0.29, 0.717) is 12.1 Å². The summed E-state index contributed by atoms with van der Waals surface area (Å²) in [5.74, 6) is -0.934. The van der Waals surface area contributed by atoms with E-state index in [-0.39, 0.29) is 23.7 Å². The van der Waals surface area contributed by atoms with Gasteiger partial charge in [0.2, 0.25) is 5.91 Å². The smallest absolute Gasteiger partial charge is 0.338 e. The molecule has 1 unspecified atom stereocenters. The van der Waals surface area contributed by atoms with Gasteiger partial charge in [-0.1, -0.05) is 48.5 Å². The molecule has 124 valence electrons. The molecule has 3 rings (SSSR count). The molecule has 1 aliphatic rings. The van der Waals surface area contributed by atoms with Gasteiger partial charge in [0.25, 0.3) is 0 Å². The summed E-state index contributed by atoms with van der Waals surface area (Å²) in [6.45, 7) is 0.571. The standard InChI is InChI=1S/C19H20N2O3/c1-24-19(23)14-10-6-5-9-13(14)15-11-21-17(18(20)22)16(15)12-7-3-2-4-8-12/h2-10,15-17,21H,11H2,1H3,(H2,20,22)/t15?,16-,17-/m1/s1. The summed E-state index contributed by atoms with van der Waals surface area (Å²) in [6, 6.07) is 16.7. The molecular weight excluding hydrogens is 304 g/mol. The summed E-state index contributed by atoms with van der Waals surface area (Å²) >= 11 is 0. The minimum atomic E-state index is -0.469. The van der Waals surface area contributed by atoms with E-state index in [2.05, 4.69) is 5.32 Å². The highest BCUT2D eigenvalue weighted by atomic mass is 16.5. The summed E-state index contributed by atoms with van der Waals surface area (Å²) < 4.78 is 4.90. The van der Waals surface area contributed by atoms with Crippen LogP contribution in [0.5, 0.6) is 0 Å². The van der Waals surface area contributed by atoms with Crippen molar-refractivity contribution in [1.82, 2.24) is 5.32 Å². The van der Waals surface area contributed by atoms with Crippen LogP contribution in [-0.4, -0.2) is 31.6 Å². The number of carbonyl (C=O) groups is 2. The maximum absolute atomic E-state index is 12.1. The van der Waals surface area contributed by atoms with Crippen LogP contribution < -0.4 is 11.1 Å². The van der Waals surface area contributed by atoms with Crippen LogP contribution in [0.1, 0.15) is 33.3 Å². The number of benzene rings is 2. The first-order chi connectivity index (χ1) is 11.6. The Labute approximate surface area is 140 Å². The molecule has 3 N–H and O–H groups in total. The Hall–Kier alpha value is -2.66. The molecule has 1 heterocycles. The van der Waals surface area contributed by atoms with Gasteiger partial charge >= 0.3 is 5.97 Å². The van der Waals surface area contributed by atoms with Gasteiger partial charge in [-0.2, -0.15) is 0 Å². The third kappa shape index (κ3) is 2.90. The molecule has 0 aromatic heterocycles. The van der Waals surface area contributed by atoms with Crippen molar-refractivity contribution in [2.75, 3.05) is 13.7 Å². The van der Waals surface area contributed by atoms with Crippen molar-refractivity contribution in [1.29, 1.82) is 0 Å². The number of hydrogen-bond donors (Lipinski definition) is 2. The van der Waals surface area contributed by atoms with E-state index in [9.17, 15) is 9.59 Å². The van der Waals surface area contributed by atoms with E-state index in [1.165, 1.54) is 7.11 Å². The molecule has 24 heavy (non-hydrogen) atoms. The Balaban J connectivity index is 2.07. The molecule has 5 nitrogen and oxygen atoms in total. The zero-order chi connectivity index (χ0) is 17.1. The van der Waals surface area contributed by atoms with E-state index in [4.69, 9.17) is 10.5 Å². The third-order valence-corrected chi connectivity index (χ3v) is 4.61. The largest absolute Gasteiger partial charge is 0.465 e. The molecule has 0 bridgehead atoms. The number of primary amides is 1.